The summed E-state index contributed by atoms with van der Waals surface area (Å²) in [6, 6.07) is 18.3. The molecule has 0 saturated carbocycles. The largest absolute Gasteiger partial charge is 0.507 e. The van der Waals surface area contributed by atoms with Crippen LogP contribution in [0, 0.1) is 5.92 Å². The van der Waals surface area contributed by atoms with Crippen LogP contribution in [0.3, 0.4) is 0 Å². The molecular formula is C26H27NO5S. The van der Waals surface area contributed by atoms with Gasteiger partial charge in [-0.2, -0.15) is 0 Å². The first-order chi connectivity index (χ1) is 15.9. The number of anilines is 1. The first-order valence-corrected chi connectivity index (χ1v) is 11.8. The Kier molecular flexibility index (Phi) is 8.38. The van der Waals surface area contributed by atoms with Crippen LogP contribution in [0.1, 0.15) is 31.4 Å². The molecule has 0 aliphatic heterocycles. The third-order valence-corrected chi connectivity index (χ3v) is 6.12. The Balaban J connectivity index is 1.86. The molecule has 7 heteroatoms. The minimum Gasteiger partial charge on any atom is -0.507 e. The van der Waals surface area contributed by atoms with E-state index >= 15 is 0 Å². The van der Waals surface area contributed by atoms with E-state index in [1.807, 2.05) is 61.7 Å². The Labute approximate surface area is 197 Å². The van der Waals surface area contributed by atoms with Crippen molar-refractivity contribution in [1.82, 2.24) is 0 Å². The summed E-state index contributed by atoms with van der Waals surface area (Å²) < 4.78 is 5.91. The molecule has 0 unspecified atom stereocenters. The predicted octanol–water partition coefficient (Wildman–Crippen LogP) is 6.61. The topological polar surface area (TPSA) is 95.9 Å². The maximum atomic E-state index is 12.8. The van der Waals surface area contributed by atoms with Crippen LogP contribution in [0.5, 0.6) is 5.75 Å². The van der Waals surface area contributed by atoms with E-state index in [0.717, 1.165) is 21.9 Å². The van der Waals surface area contributed by atoms with E-state index in [-0.39, 0.29) is 11.7 Å². The number of aromatic hydroxyl groups is 1. The number of nitrogens with one attached hydrogen (secondary N) is 1. The first kappa shape index (κ1) is 24.2. The number of fused-ring (bicyclic) bond motifs is 1. The monoisotopic (exact) mass is 465 g/mol. The van der Waals surface area contributed by atoms with E-state index in [9.17, 15) is 14.7 Å². The van der Waals surface area contributed by atoms with Crippen molar-refractivity contribution >= 4 is 40.3 Å². The lowest BCUT2D eigenvalue weighted by Gasteiger charge is -2.26. The van der Waals surface area contributed by atoms with Crippen molar-refractivity contribution in [2.75, 3.05) is 11.6 Å². The maximum Gasteiger partial charge on any atom is 0.412 e. The van der Waals surface area contributed by atoms with Crippen molar-refractivity contribution in [2.24, 2.45) is 5.92 Å². The Morgan fingerprint density at radius 2 is 1.76 bits per heavy atom. The normalized spacial score (nSPS) is 13.0. The van der Waals surface area contributed by atoms with Crippen molar-refractivity contribution in [1.29, 1.82) is 0 Å². The van der Waals surface area contributed by atoms with Crippen LogP contribution in [0.25, 0.3) is 10.8 Å². The van der Waals surface area contributed by atoms with Gasteiger partial charge in [0.1, 0.15) is 11.9 Å². The molecule has 3 aromatic rings. The molecule has 0 saturated heterocycles. The summed E-state index contributed by atoms with van der Waals surface area (Å²) in [6.45, 7) is 1.96. The van der Waals surface area contributed by atoms with Gasteiger partial charge in [-0.05, 0) is 60.7 Å². The van der Waals surface area contributed by atoms with Gasteiger partial charge in [-0.1, -0.05) is 43.3 Å². The SMILES string of the molecule is CSc1ccc(NC(=O)O[C@@H](c2ccc(O)c3ccccc23)[C@@H](C)CC/C=C/C(=O)O)cc1. The van der Waals surface area contributed by atoms with E-state index < -0.39 is 18.2 Å². The molecule has 0 radical (unpaired) electrons. The van der Waals surface area contributed by atoms with Crippen molar-refractivity contribution in [3.05, 3.63) is 78.4 Å². The Bertz CT molecular complexity index is 1140. The van der Waals surface area contributed by atoms with Crippen LogP contribution >= 0.6 is 11.8 Å². The number of carboxylic acid groups (broad SMARTS) is 1. The molecule has 0 bridgehead atoms. The second kappa shape index (κ2) is 11.4. The van der Waals surface area contributed by atoms with Crippen molar-refractivity contribution in [3.8, 4) is 5.75 Å². The number of thioether (sulfide) groups is 1. The molecule has 172 valence electrons. The average molecular weight is 466 g/mol. The highest BCUT2D eigenvalue weighted by Crippen LogP contribution is 2.37. The molecule has 6 nitrogen and oxygen atoms in total. The summed E-state index contributed by atoms with van der Waals surface area (Å²) in [5, 5.41) is 23.3. The van der Waals surface area contributed by atoms with Crippen molar-refractivity contribution < 1.29 is 24.5 Å². The smallest absolute Gasteiger partial charge is 0.412 e. The van der Waals surface area contributed by atoms with Gasteiger partial charge in [0, 0.05) is 27.6 Å². The fourth-order valence-electron chi connectivity index (χ4n) is 3.67. The molecule has 3 rings (SSSR count). The van der Waals surface area contributed by atoms with Gasteiger partial charge < -0.3 is 14.9 Å². The number of benzene rings is 3. The third-order valence-electron chi connectivity index (χ3n) is 5.38. The lowest BCUT2D eigenvalue weighted by molar-refractivity contribution is -0.131. The van der Waals surface area contributed by atoms with Gasteiger partial charge in [0.15, 0.2) is 0 Å². The van der Waals surface area contributed by atoms with Gasteiger partial charge in [0.2, 0.25) is 0 Å². The molecule has 1 amide bonds. The van der Waals surface area contributed by atoms with Crippen LogP contribution in [-0.2, 0) is 9.53 Å². The zero-order chi connectivity index (χ0) is 23.8. The molecule has 0 spiro atoms. The number of hydrogen-bond acceptors (Lipinski definition) is 5. The van der Waals surface area contributed by atoms with E-state index in [1.54, 1.807) is 30.0 Å². The highest BCUT2D eigenvalue weighted by molar-refractivity contribution is 7.98. The standard InChI is InChI=1S/C26H27NO5S/c1-17(7-3-6-10-24(29)30)25(22-15-16-23(28)21-9-5-4-8-20(21)22)32-26(31)27-18-11-13-19(33-2)14-12-18/h4-6,8-17,25,28H,3,7H2,1-2H3,(H,27,31)(H,29,30)/b10-6+/t17-,25+/m0/s1. The van der Waals surface area contributed by atoms with Gasteiger partial charge >= 0.3 is 12.1 Å². The minimum absolute atomic E-state index is 0.110. The Hall–Kier alpha value is -3.45. The van der Waals surface area contributed by atoms with Crippen LogP contribution in [0.15, 0.2) is 77.7 Å². The zero-order valence-corrected chi connectivity index (χ0v) is 19.3. The highest BCUT2D eigenvalue weighted by atomic mass is 32.2. The fraction of sp³-hybridized carbons (Fsp3) is 0.231. The van der Waals surface area contributed by atoms with Gasteiger partial charge in [0.05, 0.1) is 0 Å². The first-order valence-electron chi connectivity index (χ1n) is 10.6. The second-order valence-electron chi connectivity index (χ2n) is 7.69. The molecule has 3 aromatic carbocycles. The van der Waals surface area contributed by atoms with E-state index in [1.165, 1.54) is 0 Å². The van der Waals surface area contributed by atoms with Gasteiger partial charge in [0.25, 0.3) is 0 Å². The lowest BCUT2D eigenvalue weighted by Crippen LogP contribution is -2.22. The van der Waals surface area contributed by atoms with Gasteiger partial charge in [-0.3, -0.25) is 5.32 Å². The predicted molar refractivity (Wildman–Crippen MR) is 132 cm³/mol. The number of rotatable bonds is 9. The van der Waals surface area contributed by atoms with Crippen LogP contribution in [0.4, 0.5) is 10.5 Å². The van der Waals surface area contributed by atoms with E-state index in [2.05, 4.69) is 5.32 Å². The molecule has 0 fully saturated rings. The van der Waals surface area contributed by atoms with E-state index in [0.29, 0.717) is 23.9 Å². The zero-order valence-electron chi connectivity index (χ0n) is 18.5. The summed E-state index contributed by atoms with van der Waals surface area (Å²) >= 11 is 1.61. The number of hydrogen-bond donors (Lipinski definition) is 3. The van der Waals surface area contributed by atoms with Crippen molar-refractivity contribution in [3.63, 3.8) is 0 Å². The number of amides is 1. The number of phenols is 1. The van der Waals surface area contributed by atoms with Crippen LogP contribution < -0.4 is 5.32 Å². The van der Waals surface area contributed by atoms with Crippen LogP contribution in [-0.4, -0.2) is 28.5 Å². The molecule has 0 aromatic heterocycles. The maximum absolute atomic E-state index is 12.8. The third kappa shape index (κ3) is 6.52. The lowest BCUT2D eigenvalue weighted by atomic mass is 9.89. The fourth-order valence-corrected chi connectivity index (χ4v) is 4.08. The van der Waals surface area contributed by atoms with E-state index in [4.69, 9.17) is 9.84 Å². The number of carbonyl (C=O) groups excluding carboxylic acids is 1. The summed E-state index contributed by atoms with van der Waals surface area (Å²) in [5.74, 6) is -0.948. The Morgan fingerprint density at radius 3 is 2.42 bits per heavy atom. The number of aliphatic carboxylic acids is 1. The number of carbonyl (C=O) groups is 2. The molecule has 33 heavy (non-hydrogen) atoms. The molecule has 2 atom stereocenters. The summed E-state index contributed by atoms with van der Waals surface area (Å²) in [7, 11) is 0. The second-order valence-corrected chi connectivity index (χ2v) is 8.57. The number of carboxylic acids is 1. The summed E-state index contributed by atoms with van der Waals surface area (Å²) in [4.78, 5) is 24.6. The quantitative estimate of drug-likeness (QED) is 0.243. The molecule has 0 aliphatic rings. The number of ether oxygens (including phenoxy) is 1. The average Bonchev–Trinajstić information content (AvgIpc) is 2.81. The van der Waals surface area contributed by atoms with Gasteiger partial charge in [-0.25, -0.2) is 9.59 Å². The molecular weight excluding hydrogens is 438 g/mol. The van der Waals surface area contributed by atoms with Crippen LogP contribution in [0.2, 0.25) is 0 Å². The highest BCUT2D eigenvalue weighted by Gasteiger charge is 2.26. The number of phenolic OH excluding ortho intramolecular Hbond substituents is 1. The minimum atomic E-state index is -0.994. The molecule has 3 N–H and O–H groups in total. The Morgan fingerprint density at radius 1 is 1.06 bits per heavy atom. The summed E-state index contributed by atoms with van der Waals surface area (Å²) in [6.07, 6.45) is 4.65. The van der Waals surface area contributed by atoms with Crippen molar-refractivity contribution in [2.45, 2.75) is 30.8 Å². The molecule has 0 aliphatic carbocycles. The van der Waals surface area contributed by atoms with Gasteiger partial charge in [-0.15, -0.1) is 11.8 Å². The summed E-state index contributed by atoms with van der Waals surface area (Å²) in [5.41, 5.74) is 1.41. The number of allylic oxidation sites excluding steroid dienone is 1. The molecule has 0 heterocycles.